The van der Waals surface area contributed by atoms with E-state index in [4.69, 9.17) is 0 Å². The average Bonchev–Trinajstić information content (AvgIpc) is 3.28. The molecular weight excluding hydrogens is 251 g/mol. The van der Waals surface area contributed by atoms with Crippen LogP contribution in [0, 0.1) is 5.92 Å². The zero-order valence-corrected chi connectivity index (χ0v) is 12.3. The molecule has 110 valence electrons. The molecule has 1 N–H and O–H groups in total. The van der Waals surface area contributed by atoms with Crippen molar-refractivity contribution in [3.63, 3.8) is 0 Å². The molecule has 1 heterocycles. The van der Waals surface area contributed by atoms with Crippen LogP contribution < -0.4 is 5.32 Å². The molecule has 0 bridgehead atoms. The van der Waals surface area contributed by atoms with E-state index in [2.05, 4.69) is 41.4 Å². The Morgan fingerprint density at radius 3 is 2.70 bits per heavy atom. The van der Waals surface area contributed by atoms with E-state index >= 15 is 0 Å². The van der Waals surface area contributed by atoms with Gasteiger partial charge in [-0.25, -0.2) is 4.39 Å². The second-order valence-electron chi connectivity index (χ2n) is 6.58. The summed E-state index contributed by atoms with van der Waals surface area (Å²) in [6, 6.07) is 11.0. The lowest BCUT2D eigenvalue weighted by atomic mass is 9.89. The Morgan fingerprint density at radius 2 is 2.05 bits per heavy atom. The number of hydrogen-bond donors (Lipinski definition) is 1. The van der Waals surface area contributed by atoms with Crippen LogP contribution >= 0.6 is 0 Å². The van der Waals surface area contributed by atoms with Crippen LogP contribution in [0.4, 0.5) is 4.39 Å². The predicted molar refractivity (Wildman–Crippen MR) is 80.6 cm³/mol. The maximum atomic E-state index is 12.9. The molecule has 2 fully saturated rings. The summed E-state index contributed by atoms with van der Waals surface area (Å²) in [5, 5.41) is 3.75. The highest BCUT2D eigenvalue weighted by Gasteiger charge is 2.45. The molecule has 1 aromatic carbocycles. The summed E-state index contributed by atoms with van der Waals surface area (Å²) in [7, 11) is 0. The van der Waals surface area contributed by atoms with E-state index in [-0.39, 0.29) is 12.2 Å². The second-order valence-corrected chi connectivity index (χ2v) is 6.58. The fraction of sp³-hybridized carbons (Fsp3) is 0.647. The smallest absolute Gasteiger partial charge is 0.102 e. The number of alkyl halides is 1. The molecule has 0 radical (unpaired) electrons. The summed E-state index contributed by atoms with van der Waals surface area (Å²) in [6.07, 6.45) is 3.67. The summed E-state index contributed by atoms with van der Waals surface area (Å²) in [4.78, 5) is 2.36. The summed E-state index contributed by atoms with van der Waals surface area (Å²) in [6.45, 7) is 4.60. The molecule has 1 aromatic rings. The first-order valence-corrected chi connectivity index (χ1v) is 7.80. The van der Waals surface area contributed by atoms with Gasteiger partial charge in [0.1, 0.15) is 6.67 Å². The van der Waals surface area contributed by atoms with Gasteiger partial charge in [0.05, 0.1) is 0 Å². The minimum Gasteiger partial charge on any atom is -0.308 e. The highest BCUT2D eigenvalue weighted by atomic mass is 19.1. The van der Waals surface area contributed by atoms with Crippen LogP contribution in [0.3, 0.4) is 0 Å². The van der Waals surface area contributed by atoms with Crippen molar-refractivity contribution >= 4 is 0 Å². The van der Waals surface area contributed by atoms with Gasteiger partial charge in [-0.05, 0) is 37.7 Å². The van der Waals surface area contributed by atoms with Gasteiger partial charge < -0.3 is 5.32 Å². The van der Waals surface area contributed by atoms with Crippen LogP contribution in [0.25, 0.3) is 0 Å². The lowest BCUT2D eigenvalue weighted by molar-refractivity contribution is 0.0696. The third kappa shape index (κ3) is 3.04. The number of benzene rings is 1. The standard InChI is InChI=1S/C17H25FN2/c1-17(15-7-8-15)13-20(10-9-18)16(12-19-17)11-14-5-3-2-4-6-14/h2-6,15-16,19H,7-13H2,1H3. The molecule has 3 heteroatoms. The lowest BCUT2D eigenvalue weighted by Crippen LogP contribution is -2.64. The summed E-state index contributed by atoms with van der Waals surface area (Å²) in [5.41, 5.74) is 1.54. The minimum absolute atomic E-state index is 0.197. The third-order valence-electron chi connectivity index (χ3n) is 4.95. The largest absolute Gasteiger partial charge is 0.308 e. The van der Waals surface area contributed by atoms with E-state index in [1.807, 2.05) is 6.07 Å². The Hall–Kier alpha value is -0.930. The minimum atomic E-state index is -0.244. The van der Waals surface area contributed by atoms with E-state index in [1.165, 1.54) is 18.4 Å². The Morgan fingerprint density at radius 1 is 1.30 bits per heavy atom. The monoisotopic (exact) mass is 276 g/mol. The van der Waals surface area contributed by atoms with Gasteiger partial charge in [0.25, 0.3) is 0 Å². The van der Waals surface area contributed by atoms with Gasteiger partial charge in [0, 0.05) is 31.2 Å². The average molecular weight is 276 g/mol. The van der Waals surface area contributed by atoms with Crippen molar-refractivity contribution in [2.45, 2.75) is 37.8 Å². The number of nitrogens with zero attached hydrogens (tertiary/aromatic N) is 1. The van der Waals surface area contributed by atoms with Crippen molar-refractivity contribution in [2.75, 3.05) is 26.3 Å². The van der Waals surface area contributed by atoms with Gasteiger partial charge >= 0.3 is 0 Å². The molecule has 2 nitrogen and oxygen atoms in total. The maximum Gasteiger partial charge on any atom is 0.102 e. The van der Waals surface area contributed by atoms with Crippen molar-refractivity contribution in [2.24, 2.45) is 5.92 Å². The van der Waals surface area contributed by atoms with Gasteiger partial charge in [-0.1, -0.05) is 30.3 Å². The zero-order valence-electron chi connectivity index (χ0n) is 12.3. The van der Waals surface area contributed by atoms with Crippen LogP contribution in [-0.2, 0) is 6.42 Å². The number of nitrogens with one attached hydrogen (secondary N) is 1. The van der Waals surface area contributed by atoms with Gasteiger partial charge in [-0.15, -0.1) is 0 Å². The van der Waals surface area contributed by atoms with Crippen molar-refractivity contribution in [3.05, 3.63) is 35.9 Å². The van der Waals surface area contributed by atoms with Crippen molar-refractivity contribution in [1.82, 2.24) is 10.2 Å². The molecule has 2 unspecified atom stereocenters. The summed E-state index contributed by atoms with van der Waals surface area (Å²) in [5.74, 6) is 0.794. The number of rotatable bonds is 5. The normalized spacial score (nSPS) is 31.4. The number of halogens is 1. The molecule has 0 spiro atoms. The first-order valence-electron chi connectivity index (χ1n) is 7.80. The first kappa shape index (κ1) is 14.0. The topological polar surface area (TPSA) is 15.3 Å². The van der Waals surface area contributed by atoms with Gasteiger partial charge in [-0.2, -0.15) is 0 Å². The van der Waals surface area contributed by atoms with E-state index in [0.717, 1.165) is 25.4 Å². The maximum absolute atomic E-state index is 12.9. The molecule has 2 aliphatic rings. The molecule has 1 saturated carbocycles. The molecule has 1 aliphatic heterocycles. The quantitative estimate of drug-likeness (QED) is 0.889. The Bertz CT molecular complexity index is 432. The van der Waals surface area contributed by atoms with Crippen LogP contribution in [-0.4, -0.2) is 42.8 Å². The van der Waals surface area contributed by atoms with Crippen molar-refractivity contribution in [1.29, 1.82) is 0 Å². The SMILES string of the molecule is CC1(C2CC2)CN(CCF)C(Cc2ccccc2)CN1. The lowest BCUT2D eigenvalue weighted by Gasteiger charge is -2.46. The van der Waals surface area contributed by atoms with Crippen LogP contribution in [0.1, 0.15) is 25.3 Å². The predicted octanol–water partition coefficient (Wildman–Crippen LogP) is 2.64. The Kier molecular flexibility index (Phi) is 4.08. The summed E-state index contributed by atoms with van der Waals surface area (Å²) >= 11 is 0. The molecule has 0 aromatic heterocycles. The van der Waals surface area contributed by atoms with E-state index in [9.17, 15) is 4.39 Å². The molecule has 20 heavy (non-hydrogen) atoms. The molecule has 1 aliphatic carbocycles. The van der Waals surface area contributed by atoms with Crippen LogP contribution in [0.15, 0.2) is 30.3 Å². The van der Waals surface area contributed by atoms with E-state index in [0.29, 0.717) is 12.6 Å². The fourth-order valence-corrected chi connectivity index (χ4v) is 3.54. The highest BCUT2D eigenvalue weighted by Crippen LogP contribution is 2.41. The first-order chi connectivity index (χ1) is 9.71. The molecular formula is C17H25FN2. The summed E-state index contributed by atoms with van der Waals surface area (Å²) < 4.78 is 12.9. The number of hydrogen-bond acceptors (Lipinski definition) is 2. The third-order valence-corrected chi connectivity index (χ3v) is 4.95. The van der Waals surface area contributed by atoms with Crippen molar-refractivity contribution in [3.8, 4) is 0 Å². The Labute approximate surface area is 121 Å². The molecule has 1 saturated heterocycles. The Balaban J connectivity index is 1.67. The van der Waals surface area contributed by atoms with E-state index in [1.54, 1.807) is 0 Å². The van der Waals surface area contributed by atoms with Gasteiger partial charge in [-0.3, -0.25) is 4.90 Å². The van der Waals surface area contributed by atoms with Gasteiger partial charge in [0.15, 0.2) is 0 Å². The molecule has 2 atom stereocenters. The molecule has 3 rings (SSSR count). The second kappa shape index (κ2) is 5.82. The van der Waals surface area contributed by atoms with Gasteiger partial charge in [0.2, 0.25) is 0 Å². The van der Waals surface area contributed by atoms with Crippen molar-refractivity contribution < 1.29 is 4.39 Å². The highest BCUT2D eigenvalue weighted by molar-refractivity contribution is 5.17. The molecule has 0 amide bonds. The van der Waals surface area contributed by atoms with Crippen LogP contribution in [0.5, 0.6) is 0 Å². The van der Waals surface area contributed by atoms with Crippen LogP contribution in [0.2, 0.25) is 0 Å². The zero-order chi connectivity index (χ0) is 14.0. The van der Waals surface area contributed by atoms with E-state index < -0.39 is 0 Å². The number of piperazine rings is 1. The fourth-order valence-electron chi connectivity index (χ4n) is 3.54.